The van der Waals surface area contributed by atoms with Gasteiger partial charge in [0, 0.05) is 19.7 Å². The Hall–Kier alpha value is -1.83. The maximum atomic E-state index is 11.3. The van der Waals surface area contributed by atoms with E-state index in [-0.39, 0.29) is 5.91 Å². The second-order valence-electron chi connectivity index (χ2n) is 5.17. The second kappa shape index (κ2) is 5.87. The quantitative estimate of drug-likeness (QED) is 0.776. The highest BCUT2D eigenvalue weighted by Crippen LogP contribution is 2.26. The van der Waals surface area contributed by atoms with Crippen molar-refractivity contribution in [3.8, 4) is 0 Å². The van der Waals surface area contributed by atoms with E-state index >= 15 is 0 Å². The van der Waals surface area contributed by atoms with Crippen molar-refractivity contribution in [2.24, 2.45) is 0 Å². The summed E-state index contributed by atoms with van der Waals surface area (Å²) in [5.74, 6) is 0.0529. The molecule has 1 amide bonds. The third-order valence-electron chi connectivity index (χ3n) is 3.60. The summed E-state index contributed by atoms with van der Waals surface area (Å²) in [6.07, 6.45) is 8.14. The van der Waals surface area contributed by atoms with Gasteiger partial charge in [0.25, 0.3) is 0 Å². The number of benzene rings is 1. The van der Waals surface area contributed by atoms with Crippen molar-refractivity contribution < 1.29 is 4.79 Å². The highest BCUT2D eigenvalue weighted by atomic mass is 16.2. The van der Waals surface area contributed by atoms with E-state index in [9.17, 15) is 4.79 Å². The monoisotopic (exact) mass is 255 g/mol. The average Bonchev–Trinajstić information content (AvgIpc) is 2.62. The average molecular weight is 255 g/mol. The molecule has 0 fully saturated rings. The van der Waals surface area contributed by atoms with Crippen LogP contribution in [0.1, 0.15) is 38.7 Å². The van der Waals surface area contributed by atoms with Crippen molar-refractivity contribution in [3.05, 3.63) is 47.6 Å². The predicted molar refractivity (Wildman–Crippen MR) is 81.1 cm³/mol. The molecule has 2 rings (SSSR count). The fourth-order valence-electron chi connectivity index (χ4n) is 2.30. The van der Waals surface area contributed by atoms with Gasteiger partial charge < -0.3 is 4.90 Å². The van der Waals surface area contributed by atoms with Crippen molar-refractivity contribution in [1.29, 1.82) is 0 Å². The zero-order valence-corrected chi connectivity index (χ0v) is 11.9. The molecule has 0 atom stereocenters. The Bertz CT molecular complexity index is 523. The molecule has 0 aromatic heterocycles. The molecule has 1 aliphatic carbocycles. The van der Waals surface area contributed by atoms with Gasteiger partial charge >= 0.3 is 0 Å². The van der Waals surface area contributed by atoms with Gasteiger partial charge in [-0.15, -0.1) is 0 Å². The van der Waals surface area contributed by atoms with E-state index in [0.717, 1.165) is 12.1 Å². The number of carbonyl (C=O) groups is 1. The molecule has 2 nitrogen and oxygen atoms in total. The van der Waals surface area contributed by atoms with Gasteiger partial charge in [0.2, 0.25) is 5.91 Å². The van der Waals surface area contributed by atoms with Gasteiger partial charge in [0.15, 0.2) is 0 Å². The zero-order valence-electron chi connectivity index (χ0n) is 11.9. The van der Waals surface area contributed by atoms with Crippen LogP contribution in [0.15, 0.2) is 42.0 Å². The molecule has 0 bridgehead atoms. The van der Waals surface area contributed by atoms with E-state index < -0.39 is 0 Å². The van der Waals surface area contributed by atoms with Crippen LogP contribution in [0.5, 0.6) is 0 Å². The molecule has 2 heteroatoms. The van der Waals surface area contributed by atoms with Gasteiger partial charge in [0.1, 0.15) is 0 Å². The summed E-state index contributed by atoms with van der Waals surface area (Å²) in [6.45, 7) is 3.77. The van der Waals surface area contributed by atoms with Crippen LogP contribution >= 0.6 is 0 Å². The molecule has 0 saturated heterocycles. The summed E-state index contributed by atoms with van der Waals surface area (Å²) in [5, 5.41) is 0. The van der Waals surface area contributed by atoms with E-state index in [1.807, 2.05) is 12.1 Å². The molecule has 0 aliphatic heterocycles. The lowest BCUT2D eigenvalue weighted by atomic mass is 10.0. The first-order valence-electron chi connectivity index (χ1n) is 6.80. The molecule has 19 heavy (non-hydrogen) atoms. The summed E-state index contributed by atoms with van der Waals surface area (Å²) >= 11 is 0. The van der Waals surface area contributed by atoms with E-state index in [1.54, 1.807) is 18.9 Å². The number of carbonyl (C=O) groups excluding carboxylic acids is 1. The minimum Gasteiger partial charge on any atom is -0.316 e. The molecular weight excluding hydrogens is 234 g/mol. The maximum Gasteiger partial charge on any atom is 0.223 e. The molecule has 1 aliphatic rings. The summed E-state index contributed by atoms with van der Waals surface area (Å²) in [4.78, 5) is 13.0. The molecule has 100 valence electrons. The van der Waals surface area contributed by atoms with Gasteiger partial charge in [-0.3, -0.25) is 4.79 Å². The Morgan fingerprint density at radius 2 is 1.89 bits per heavy atom. The van der Waals surface area contributed by atoms with E-state index in [2.05, 4.69) is 31.2 Å². The molecule has 0 unspecified atom stereocenters. The lowest BCUT2D eigenvalue weighted by Gasteiger charge is -2.15. The number of hydrogen-bond acceptors (Lipinski definition) is 1. The van der Waals surface area contributed by atoms with Crippen LogP contribution < -0.4 is 4.90 Å². The minimum absolute atomic E-state index is 0.0529. The number of allylic oxidation sites excluding steroid dienone is 4. The van der Waals surface area contributed by atoms with Gasteiger partial charge in [0.05, 0.1) is 0 Å². The maximum absolute atomic E-state index is 11.3. The Kier molecular flexibility index (Phi) is 4.20. The molecule has 1 aromatic carbocycles. The third kappa shape index (κ3) is 3.34. The van der Waals surface area contributed by atoms with Crippen LogP contribution in [0.2, 0.25) is 0 Å². The Labute approximate surface area is 115 Å². The van der Waals surface area contributed by atoms with Crippen molar-refractivity contribution in [1.82, 2.24) is 0 Å². The molecule has 0 saturated carbocycles. The van der Waals surface area contributed by atoms with E-state index in [1.165, 1.54) is 29.6 Å². The SMILES string of the molecule is CC(=O)N(C)c1ccc(C2=CCCCC(C)=C2)cc1. The van der Waals surface area contributed by atoms with Gasteiger partial charge in [-0.1, -0.05) is 29.9 Å². The van der Waals surface area contributed by atoms with Crippen LogP contribution in [0.3, 0.4) is 0 Å². The zero-order chi connectivity index (χ0) is 13.8. The summed E-state index contributed by atoms with van der Waals surface area (Å²) in [6, 6.07) is 8.20. The first kappa shape index (κ1) is 13.6. The predicted octanol–water partition coefficient (Wildman–Crippen LogP) is 4.18. The molecular formula is C17H21NO. The summed E-state index contributed by atoms with van der Waals surface area (Å²) < 4.78 is 0. The second-order valence-corrected chi connectivity index (χ2v) is 5.17. The molecule has 0 radical (unpaired) electrons. The largest absolute Gasteiger partial charge is 0.316 e. The lowest BCUT2D eigenvalue weighted by Crippen LogP contribution is -2.22. The first-order chi connectivity index (χ1) is 9.08. The normalized spacial score (nSPS) is 15.3. The van der Waals surface area contributed by atoms with Crippen LogP contribution in [0, 0.1) is 0 Å². The molecule has 0 spiro atoms. The molecule has 0 N–H and O–H groups in total. The Morgan fingerprint density at radius 3 is 2.53 bits per heavy atom. The number of rotatable bonds is 2. The van der Waals surface area contributed by atoms with Gasteiger partial charge in [-0.25, -0.2) is 0 Å². The van der Waals surface area contributed by atoms with Crippen molar-refractivity contribution >= 4 is 17.2 Å². The number of amides is 1. The van der Waals surface area contributed by atoms with Crippen molar-refractivity contribution in [2.45, 2.75) is 33.1 Å². The van der Waals surface area contributed by atoms with Crippen LogP contribution in [-0.2, 0) is 4.79 Å². The highest BCUT2D eigenvalue weighted by Gasteiger charge is 2.07. The number of hydrogen-bond donors (Lipinski definition) is 0. The summed E-state index contributed by atoms with van der Waals surface area (Å²) in [5.41, 5.74) is 4.90. The standard InChI is InChI=1S/C17H21NO/c1-13-6-4-5-7-16(12-13)15-8-10-17(11-9-15)18(3)14(2)19/h7-12H,4-6H2,1-3H3. The topological polar surface area (TPSA) is 20.3 Å². The fourth-order valence-corrected chi connectivity index (χ4v) is 2.30. The summed E-state index contributed by atoms with van der Waals surface area (Å²) in [7, 11) is 1.80. The lowest BCUT2D eigenvalue weighted by molar-refractivity contribution is -0.116. The Morgan fingerprint density at radius 1 is 1.21 bits per heavy atom. The highest BCUT2D eigenvalue weighted by molar-refractivity contribution is 5.91. The van der Waals surface area contributed by atoms with Crippen LogP contribution in [-0.4, -0.2) is 13.0 Å². The van der Waals surface area contributed by atoms with Gasteiger partial charge in [-0.2, -0.15) is 0 Å². The van der Waals surface area contributed by atoms with E-state index in [4.69, 9.17) is 0 Å². The molecule has 0 heterocycles. The third-order valence-corrected chi connectivity index (χ3v) is 3.60. The number of nitrogens with zero attached hydrogens (tertiary/aromatic N) is 1. The molecule has 1 aromatic rings. The van der Waals surface area contributed by atoms with E-state index in [0.29, 0.717) is 0 Å². The first-order valence-corrected chi connectivity index (χ1v) is 6.80. The minimum atomic E-state index is 0.0529. The van der Waals surface area contributed by atoms with Crippen LogP contribution in [0.25, 0.3) is 5.57 Å². The number of anilines is 1. The van der Waals surface area contributed by atoms with Gasteiger partial charge in [-0.05, 0) is 49.5 Å². The smallest absolute Gasteiger partial charge is 0.223 e. The Balaban J connectivity index is 2.25. The van der Waals surface area contributed by atoms with Crippen molar-refractivity contribution in [2.75, 3.05) is 11.9 Å². The van der Waals surface area contributed by atoms with Crippen LogP contribution in [0.4, 0.5) is 5.69 Å². The van der Waals surface area contributed by atoms with Crippen molar-refractivity contribution in [3.63, 3.8) is 0 Å². The fraction of sp³-hybridized carbons (Fsp3) is 0.353.